The van der Waals surface area contributed by atoms with Gasteiger partial charge in [0.1, 0.15) is 0 Å². The van der Waals surface area contributed by atoms with E-state index in [1.54, 1.807) is 0 Å². The van der Waals surface area contributed by atoms with Crippen LogP contribution in [0.2, 0.25) is 0 Å². The summed E-state index contributed by atoms with van der Waals surface area (Å²) >= 11 is 5.77. The first-order valence-corrected chi connectivity index (χ1v) is 4.35. The van der Waals surface area contributed by atoms with Crippen LogP contribution in [-0.2, 0) is 4.79 Å². The lowest BCUT2D eigenvalue weighted by molar-refractivity contribution is -0.118. The van der Waals surface area contributed by atoms with Crippen LogP contribution in [0.5, 0.6) is 0 Å². The van der Waals surface area contributed by atoms with Crippen molar-refractivity contribution in [1.82, 2.24) is 5.32 Å². The van der Waals surface area contributed by atoms with E-state index in [4.69, 9.17) is 11.6 Å². The molecule has 0 saturated heterocycles. The number of hydrogen-bond donors (Lipinski definition) is 1. The van der Waals surface area contributed by atoms with Crippen molar-refractivity contribution in [3.8, 4) is 0 Å². The molecular formula is C9H12ClNO. The Labute approximate surface area is 77.3 Å². The molecule has 0 spiro atoms. The fourth-order valence-electron chi connectivity index (χ4n) is 1.04. The summed E-state index contributed by atoms with van der Waals surface area (Å²) < 4.78 is 0. The highest BCUT2D eigenvalue weighted by Crippen LogP contribution is 2.19. The average Bonchev–Trinajstić information content (AvgIpc) is 2.03. The van der Waals surface area contributed by atoms with E-state index in [9.17, 15) is 4.79 Å². The first-order valence-electron chi connectivity index (χ1n) is 3.97. The molecule has 0 atom stereocenters. The summed E-state index contributed by atoms with van der Waals surface area (Å²) in [6.45, 7) is 2.17. The van der Waals surface area contributed by atoms with Gasteiger partial charge < -0.3 is 5.32 Å². The molecule has 0 unspecified atom stereocenters. The molecule has 1 rings (SSSR count). The van der Waals surface area contributed by atoms with Gasteiger partial charge in [-0.05, 0) is 18.9 Å². The number of halogens is 1. The van der Waals surface area contributed by atoms with Gasteiger partial charge in [-0.1, -0.05) is 23.3 Å². The molecule has 0 aromatic rings. The van der Waals surface area contributed by atoms with Crippen molar-refractivity contribution in [1.29, 1.82) is 0 Å². The van der Waals surface area contributed by atoms with Gasteiger partial charge in [-0.15, -0.1) is 0 Å². The van der Waals surface area contributed by atoms with Gasteiger partial charge in [-0.2, -0.15) is 0 Å². The maximum Gasteiger partial charge on any atom is 0.217 e. The van der Waals surface area contributed by atoms with Crippen LogP contribution in [0, 0.1) is 0 Å². The third-order valence-electron chi connectivity index (χ3n) is 1.75. The Morgan fingerprint density at radius 1 is 1.58 bits per heavy atom. The van der Waals surface area contributed by atoms with E-state index in [0.717, 1.165) is 17.9 Å². The van der Waals surface area contributed by atoms with Gasteiger partial charge in [0, 0.05) is 18.5 Å². The van der Waals surface area contributed by atoms with Crippen molar-refractivity contribution in [2.24, 2.45) is 0 Å². The van der Waals surface area contributed by atoms with E-state index in [1.807, 2.05) is 12.2 Å². The molecule has 2 nitrogen and oxygen atoms in total. The molecule has 0 radical (unpaired) electrons. The molecule has 0 aromatic heterocycles. The number of rotatable bonds is 2. The summed E-state index contributed by atoms with van der Waals surface area (Å²) in [4.78, 5) is 10.6. The van der Waals surface area contributed by atoms with Gasteiger partial charge in [0.05, 0.1) is 0 Å². The molecule has 0 saturated carbocycles. The van der Waals surface area contributed by atoms with E-state index < -0.39 is 0 Å². The first kappa shape index (κ1) is 9.33. The maximum absolute atomic E-state index is 10.6. The zero-order valence-electron chi connectivity index (χ0n) is 7.06. The Bertz CT molecular complexity index is 243. The predicted octanol–water partition coefficient (Wildman–Crippen LogP) is 1.97. The zero-order valence-corrected chi connectivity index (χ0v) is 7.82. The Morgan fingerprint density at radius 2 is 2.33 bits per heavy atom. The van der Waals surface area contributed by atoms with Crippen molar-refractivity contribution in [2.45, 2.75) is 19.8 Å². The largest absolute Gasteiger partial charge is 0.353 e. The fraction of sp³-hybridized carbons (Fsp3) is 0.444. The predicted molar refractivity (Wildman–Crippen MR) is 49.9 cm³/mol. The Kier molecular flexibility index (Phi) is 3.35. The lowest BCUT2D eigenvalue weighted by atomic mass is 10.1. The Morgan fingerprint density at radius 3 is 2.83 bits per heavy atom. The van der Waals surface area contributed by atoms with Crippen LogP contribution in [-0.4, -0.2) is 12.5 Å². The second kappa shape index (κ2) is 4.31. The van der Waals surface area contributed by atoms with E-state index in [2.05, 4.69) is 5.32 Å². The van der Waals surface area contributed by atoms with Crippen molar-refractivity contribution in [2.75, 3.05) is 6.54 Å². The molecular weight excluding hydrogens is 174 g/mol. The van der Waals surface area contributed by atoms with Crippen LogP contribution in [0.3, 0.4) is 0 Å². The molecule has 0 fully saturated rings. The normalized spacial score (nSPS) is 16.5. The van der Waals surface area contributed by atoms with E-state index >= 15 is 0 Å². The first-order chi connectivity index (χ1) is 5.68. The summed E-state index contributed by atoms with van der Waals surface area (Å²) in [6.07, 6.45) is 5.71. The van der Waals surface area contributed by atoms with Crippen LogP contribution in [0.25, 0.3) is 0 Å². The summed E-state index contributed by atoms with van der Waals surface area (Å²) in [5.41, 5.74) is 1.23. The monoisotopic (exact) mass is 185 g/mol. The molecule has 66 valence electrons. The molecule has 12 heavy (non-hydrogen) atoms. The fourth-order valence-corrected chi connectivity index (χ4v) is 1.20. The second-order valence-electron chi connectivity index (χ2n) is 2.85. The molecule has 3 heteroatoms. The van der Waals surface area contributed by atoms with Gasteiger partial charge in [0.15, 0.2) is 0 Å². The highest BCUT2D eigenvalue weighted by Gasteiger charge is 2.04. The van der Waals surface area contributed by atoms with Gasteiger partial charge in [0.2, 0.25) is 5.91 Å². The van der Waals surface area contributed by atoms with E-state index in [-0.39, 0.29) is 5.91 Å². The minimum absolute atomic E-state index is 0.0107. The molecule has 1 N–H and O–H groups in total. The quantitative estimate of drug-likeness (QED) is 0.700. The van der Waals surface area contributed by atoms with Crippen molar-refractivity contribution in [3.05, 3.63) is 22.8 Å². The number of allylic oxidation sites excluding steroid dienone is 3. The number of carbonyl (C=O) groups excluding carboxylic acids is 1. The minimum Gasteiger partial charge on any atom is -0.353 e. The van der Waals surface area contributed by atoms with Crippen molar-refractivity contribution in [3.63, 3.8) is 0 Å². The second-order valence-corrected chi connectivity index (χ2v) is 3.33. The molecule has 0 bridgehead atoms. The molecule has 1 amide bonds. The van der Waals surface area contributed by atoms with Crippen LogP contribution < -0.4 is 5.32 Å². The van der Waals surface area contributed by atoms with Gasteiger partial charge in [-0.25, -0.2) is 0 Å². The third kappa shape index (κ3) is 3.09. The molecule has 1 aliphatic carbocycles. The summed E-state index contributed by atoms with van der Waals surface area (Å²) in [5.74, 6) is 0.0107. The minimum atomic E-state index is 0.0107. The van der Waals surface area contributed by atoms with Crippen molar-refractivity contribution >= 4 is 17.5 Å². The lowest BCUT2D eigenvalue weighted by Gasteiger charge is -2.10. The van der Waals surface area contributed by atoms with Gasteiger partial charge in [0.25, 0.3) is 0 Å². The van der Waals surface area contributed by atoms with Crippen LogP contribution in [0.4, 0.5) is 0 Å². The average molecular weight is 186 g/mol. The smallest absolute Gasteiger partial charge is 0.217 e. The molecule has 0 heterocycles. The van der Waals surface area contributed by atoms with E-state index in [0.29, 0.717) is 6.54 Å². The third-order valence-corrected chi connectivity index (χ3v) is 2.06. The maximum atomic E-state index is 10.6. The zero-order chi connectivity index (χ0) is 8.97. The van der Waals surface area contributed by atoms with Gasteiger partial charge in [-0.3, -0.25) is 4.79 Å². The lowest BCUT2D eigenvalue weighted by Crippen LogP contribution is -2.22. The Hall–Kier alpha value is -0.760. The molecule has 0 aromatic carbocycles. The molecule has 1 aliphatic rings. The molecule has 0 aliphatic heterocycles. The summed E-state index contributed by atoms with van der Waals surface area (Å²) in [5, 5.41) is 3.64. The Balaban J connectivity index is 2.39. The number of nitrogens with one attached hydrogen (secondary N) is 1. The van der Waals surface area contributed by atoms with Crippen LogP contribution in [0.1, 0.15) is 19.8 Å². The summed E-state index contributed by atoms with van der Waals surface area (Å²) in [6, 6.07) is 0. The van der Waals surface area contributed by atoms with Crippen molar-refractivity contribution < 1.29 is 4.79 Å². The highest BCUT2D eigenvalue weighted by atomic mass is 35.5. The summed E-state index contributed by atoms with van der Waals surface area (Å²) in [7, 11) is 0. The van der Waals surface area contributed by atoms with Crippen LogP contribution in [0.15, 0.2) is 22.8 Å². The SMILES string of the molecule is CC(=O)NCC1=CC=C(Cl)CC1. The van der Waals surface area contributed by atoms with E-state index in [1.165, 1.54) is 12.5 Å². The topological polar surface area (TPSA) is 29.1 Å². The number of hydrogen-bond acceptors (Lipinski definition) is 1. The standard InChI is InChI=1S/C9H12ClNO/c1-7(12)11-6-8-2-4-9(10)5-3-8/h2,4H,3,5-6H2,1H3,(H,11,12). The van der Waals surface area contributed by atoms with Crippen LogP contribution >= 0.6 is 11.6 Å². The number of amides is 1. The number of carbonyl (C=O) groups is 1. The van der Waals surface area contributed by atoms with Gasteiger partial charge >= 0.3 is 0 Å². The highest BCUT2D eigenvalue weighted by molar-refractivity contribution is 6.29.